The van der Waals surface area contributed by atoms with Gasteiger partial charge in [-0.15, -0.1) is 11.3 Å². The average Bonchev–Trinajstić information content (AvgIpc) is 2.73. The number of alkyl halides is 1. The number of halogens is 1. The number of hydrogen-bond donors (Lipinski definition) is 1. The van der Waals surface area contributed by atoms with Gasteiger partial charge in [0, 0.05) is 21.7 Å². The lowest BCUT2D eigenvalue weighted by atomic mass is 10.1. The molecule has 2 rings (SSSR count). The van der Waals surface area contributed by atoms with E-state index in [1.165, 1.54) is 15.6 Å². The molecular formula is C14H18INS. The lowest BCUT2D eigenvalue weighted by molar-refractivity contribution is 0.437. The van der Waals surface area contributed by atoms with Crippen LogP contribution in [0.15, 0.2) is 29.6 Å². The van der Waals surface area contributed by atoms with E-state index in [1.54, 1.807) is 0 Å². The molecule has 1 N–H and O–H groups in total. The molecule has 17 heavy (non-hydrogen) atoms. The normalized spacial score (nSPS) is 13.4. The van der Waals surface area contributed by atoms with Crippen LogP contribution in [-0.2, 0) is 6.54 Å². The van der Waals surface area contributed by atoms with Crippen molar-refractivity contribution in [3.63, 3.8) is 0 Å². The molecule has 92 valence electrons. The summed E-state index contributed by atoms with van der Waals surface area (Å²) in [6.07, 6.45) is 0. The first-order valence-electron chi connectivity index (χ1n) is 5.97. The minimum atomic E-state index is 0.606. The van der Waals surface area contributed by atoms with Crippen molar-refractivity contribution in [2.24, 2.45) is 5.92 Å². The summed E-state index contributed by atoms with van der Waals surface area (Å²) in [7, 11) is 0. The Morgan fingerprint density at radius 2 is 2.06 bits per heavy atom. The Balaban J connectivity index is 2.08. The Morgan fingerprint density at radius 3 is 2.76 bits per heavy atom. The summed E-state index contributed by atoms with van der Waals surface area (Å²) >= 11 is 4.30. The highest BCUT2D eigenvalue weighted by Gasteiger charge is 2.11. The monoisotopic (exact) mass is 359 g/mol. The van der Waals surface area contributed by atoms with Crippen LogP contribution in [-0.4, -0.2) is 10.5 Å². The second-order valence-electron chi connectivity index (χ2n) is 4.64. The molecule has 1 aromatic carbocycles. The molecule has 1 aromatic heterocycles. The molecule has 1 atom stereocenters. The Hall–Kier alpha value is -0.130. The first-order valence-corrected chi connectivity index (χ1v) is 8.37. The van der Waals surface area contributed by atoms with Crippen molar-refractivity contribution in [3.05, 3.63) is 35.2 Å². The number of thiophene rings is 1. The van der Waals surface area contributed by atoms with Gasteiger partial charge in [-0.05, 0) is 28.3 Å². The molecule has 0 saturated heterocycles. The zero-order chi connectivity index (χ0) is 12.3. The van der Waals surface area contributed by atoms with Crippen LogP contribution >= 0.6 is 33.9 Å². The number of fused-ring (bicyclic) bond motifs is 1. The average molecular weight is 359 g/mol. The van der Waals surface area contributed by atoms with Crippen molar-refractivity contribution in [3.8, 4) is 0 Å². The third-order valence-electron chi connectivity index (χ3n) is 3.09. The number of hydrogen-bond acceptors (Lipinski definition) is 2. The van der Waals surface area contributed by atoms with Crippen LogP contribution in [0.1, 0.15) is 19.4 Å². The Morgan fingerprint density at radius 1 is 1.29 bits per heavy atom. The summed E-state index contributed by atoms with van der Waals surface area (Å²) in [5.74, 6) is 0.691. The molecule has 3 heteroatoms. The summed E-state index contributed by atoms with van der Waals surface area (Å²) in [4.78, 5) is 0. The number of benzene rings is 1. The second kappa shape index (κ2) is 6.16. The van der Waals surface area contributed by atoms with Gasteiger partial charge in [0.1, 0.15) is 0 Å². The Kier molecular flexibility index (Phi) is 4.82. The molecule has 0 aliphatic rings. The van der Waals surface area contributed by atoms with E-state index in [2.05, 4.69) is 71.4 Å². The van der Waals surface area contributed by atoms with Crippen molar-refractivity contribution in [1.82, 2.24) is 5.32 Å². The van der Waals surface area contributed by atoms with E-state index >= 15 is 0 Å². The van der Waals surface area contributed by atoms with Crippen molar-refractivity contribution in [1.29, 1.82) is 0 Å². The number of rotatable bonds is 5. The van der Waals surface area contributed by atoms with Gasteiger partial charge >= 0.3 is 0 Å². The van der Waals surface area contributed by atoms with Gasteiger partial charge in [0.2, 0.25) is 0 Å². The highest BCUT2D eigenvalue weighted by atomic mass is 127. The van der Waals surface area contributed by atoms with Crippen molar-refractivity contribution >= 4 is 44.0 Å². The van der Waals surface area contributed by atoms with Gasteiger partial charge in [-0.3, -0.25) is 0 Å². The summed E-state index contributed by atoms with van der Waals surface area (Å²) in [5.41, 5.74) is 1.43. The SMILES string of the molecule is CC(C)C(CI)NCc1csc2ccccc12. The predicted octanol–water partition coefficient (Wildman–Crippen LogP) is 4.45. The van der Waals surface area contributed by atoms with Crippen LogP contribution < -0.4 is 5.32 Å². The molecule has 2 aromatic rings. The molecule has 0 bridgehead atoms. The highest BCUT2D eigenvalue weighted by Crippen LogP contribution is 2.25. The lowest BCUT2D eigenvalue weighted by Gasteiger charge is -2.19. The van der Waals surface area contributed by atoms with Gasteiger partial charge in [-0.25, -0.2) is 0 Å². The molecule has 0 radical (unpaired) electrons. The Bertz CT molecular complexity index is 478. The molecule has 0 aliphatic heterocycles. The molecule has 1 nitrogen and oxygen atoms in total. The van der Waals surface area contributed by atoms with Gasteiger partial charge in [0.05, 0.1) is 0 Å². The van der Waals surface area contributed by atoms with Crippen LogP contribution in [0.4, 0.5) is 0 Å². The van der Waals surface area contributed by atoms with Gasteiger partial charge < -0.3 is 5.32 Å². The molecule has 0 saturated carbocycles. The summed E-state index contributed by atoms with van der Waals surface area (Å²) in [5, 5.41) is 7.35. The van der Waals surface area contributed by atoms with Gasteiger partial charge in [-0.1, -0.05) is 54.6 Å². The van der Waals surface area contributed by atoms with Gasteiger partial charge in [-0.2, -0.15) is 0 Å². The van der Waals surface area contributed by atoms with E-state index < -0.39 is 0 Å². The fourth-order valence-electron chi connectivity index (χ4n) is 1.88. The Labute approximate surface area is 121 Å². The van der Waals surface area contributed by atoms with Crippen LogP contribution in [0.2, 0.25) is 0 Å². The highest BCUT2D eigenvalue weighted by molar-refractivity contribution is 14.1. The van der Waals surface area contributed by atoms with E-state index in [9.17, 15) is 0 Å². The maximum atomic E-state index is 3.66. The van der Waals surface area contributed by atoms with E-state index in [0.717, 1.165) is 11.0 Å². The topological polar surface area (TPSA) is 12.0 Å². The standard InChI is InChI=1S/C14H18INS/c1-10(2)13(7-15)16-8-11-9-17-14-6-4-3-5-12(11)14/h3-6,9-10,13,16H,7-8H2,1-2H3. The molecule has 0 fully saturated rings. The zero-order valence-corrected chi connectivity index (χ0v) is 13.2. The third kappa shape index (κ3) is 3.20. The van der Waals surface area contributed by atoms with E-state index in [4.69, 9.17) is 0 Å². The maximum absolute atomic E-state index is 3.66. The molecule has 0 amide bonds. The molecular weight excluding hydrogens is 341 g/mol. The van der Waals surface area contributed by atoms with E-state index in [1.807, 2.05) is 11.3 Å². The quantitative estimate of drug-likeness (QED) is 0.614. The van der Waals surface area contributed by atoms with E-state index in [-0.39, 0.29) is 0 Å². The maximum Gasteiger partial charge on any atom is 0.0346 e. The van der Waals surface area contributed by atoms with Crippen molar-refractivity contribution in [2.45, 2.75) is 26.4 Å². The van der Waals surface area contributed by atoms with Gasteiger partial charge in [0.15, 0.2) is 0 Å². The largest absolute Gasteiger partial charge is 0.309 e. The zero-order valence-electron chi connectivity index (χ0n) is 10.2. The number of nitrogens with one attached hydrogen (secondary N) is 1. The van der Waals surface area contributed by atoms with Crippen molar-refractivity contribution in [2.75, 3.05) is 4.43 Å². The molecule has 0 spiro atoms. The van der Waals surface area contributed by atoms with Gasteiger partial charge in [0.25, 0.3) is 0 Å². The third-order valence-corrected chi connectivity index (χ3v) is 5.05. The second-order valence-corrected chi connectivity index (χ2v) is 6.43. The first kappa shape index (κ1) is 13.3. The van der Waals surface area contributed by atoms with Crippen LogP contribution in [0, 0.1) is 5.92 Å². The summed E-state index contributed by atoms with van der Waals surface area (Å²) in [6, 6.07) is 9.25. The fourth-order valence-corrected chi connectivity index (χ4v) is 4.17. The minimum absolute atomic E-state index is 0.606. The van der Waals surface area contributed by atoms with Crippen molar-refractivity contribution < 1.29 is 0 Å². The smallest absolute Gasteiger partial charge is 0.0346 e. The summed E-state index contributed by atoms with van der Waals surface area (Å²) in [6.45, 7) is 5.54. The molecule has 1 heterocycles. The predicted molar refractivity (Wildman–Crippen MR) is 86.2 cm³/mol. The van der Waals surface area contributed by atoms with Crippen LogP contribution in [0.3, 0.4) is 0 Å². The molecule has 1 unspecified atom stereocenters. The van der Waals surface area contributed by atoms with Crippen LogP contribution in [0.5, 0.6) is 0 Å². The summed E-state index contributed by atoms with van der Waals surface area (Å²) < 4.78 is 2.55. The lowest BCUT2D eigenvalue weighted by Crippen LogP contribution is -2.34. The minimum Gasteiger partial charge on any atom is -0.309 e. The molecule has 0 aliphatic carbocycles. The van der Waals surface area contributed by atoms with E-state index in [0.29, 0.717) is 12.0 Å². The fraction of sp³-hybridized carbons (Fsp3) is 0.429. The van der Waals surface area contributed by atoms with Crippen LogP contribution in [0.25, 0.3) is 10.1 Å². The first-order chi connectivity index (χ1) is 8.22.